The summed E-state index contributed by atoms with van der Waals surface area (Å²) >= 11 is 0. The van der Waals surface area contributed by atoms with Crippen LogP contribution in [0.4, 0.5) is 0 Å². The summed E-state index contributed by atoms with van der Waals surface area (Å²) in [5.41, 5.74) is 4.28. The Balaban J connectivity index is 0.00000392. The number of aromatic nitrogens is 2. The number of unbranched alkanes of at least 4 members (excludes halogenated alkanes) is 5. The first-order valence-corrected chi connectivity index (χ1v) is 10.8. The Morgan fingerprint density at radius 1 is 0.893 bits per heavy atom. The van der Waals surface area contributed by atoms with E-state index in [-0.39, 0.29) is 17.0 Å². The molecule has 0 aliphatic heterocycles. The lowest BCUT2D eigenvalue weighted by atomic mass is 10.1. The van der Waals surface area contributed by atoms with Crippen LogP contribution in [0.3, 0.4) is 0 Å². The van der Waals surface area contributed by atoms with Gasteiger partial charge in [0.2, 0.25) is 0 Å². The summed E-state index contributed by atoms with van der Waals surface area (Å²) in [5, 5.41) is 0. The first kappa shape index (κ1) is 24.7. The standard InChI is InChI=1S/C24H39N2O.BrH/c1-6-7-8-9-11-18-25-20(2)21(3)26(22(25)4)19-12-10-13-23-14-16-24(27-5)17-15-23;/h14-17H,6-13,18-19H2,1-5H3;1H/q+1;/p-1. The molecule has 0 atom stereocenters. The normalized spacial score (nSPS) is 10.8. The number of benzene rings is 1. The third kappa shape index (κ3) is 6.95. The summed E-state index contributed by atoms with van der Waals surface area (Å²) in [4.78, 5) is 0. The number of imidazole rings is 1. The Hall–Kier alpha value is -1.29. The molecule has 4 heteroatoms. The third-order valence-electron chi connectivity index (χ3n) is 5.86. The topological polar surface area (TPSA) is 18.0 Å². The average Bonchev–Trinajstić information content (AvgIpc) is 2.89. The third-order valence-corrected chi connectivity index (χ3v) is 5.86. The molecule has 3 nitrogen and oxygen atoms in total. The molecule has 0 fully saturated rings. The number of halogens is 1. The molecule has 0 saturated heterocycles. The van der Waals surface area contributed by atoms with Crippen molar-refractivity contribution in [1.82, 2.24) is 4.57 Å². The van der Waals surface area contributed by atoms with E-state index in [4.69, 9.17) is 4.74 Å². The summed E-state index contributed by atoms with van der Waals surface area (Å²) in [6.45, 7) is 11.4. The van der Waals surface area contributed by atoms with Gasteiger partial charge in [0, 0.05) is 20.8 Å². The van der Waals surface area contributed by atoms with Crippen LogP contribution in [-0.4, -0.2) is 11.7 Å². The van der Waals surface area contributed by atoms with E-state index in [9.17, 15) is 0 Å². The van der Waals surface area contributed by atoms with Crippen molar-refractivity contribution in [1.29, 1.82) is 0 Å². The molecular weight excluding hydrogens is 412 g/mol. The van der Waals surface area contributed by atoms with Crippen LogP contribution in [0.2, 0.25) is 0 Å². The maximum Gasteiger partial charge on any atom is 0.253 e. The summed E-state index contributed by atoms with van der Waals surface area (Å²) in [5.74, 6) is 2.36. The highest BCUT2D eigenvalue weighted by molar-refractivity contribution is 5.27. The molecule has 158 valence electrons. The highest BCUT2D eigenvalue weighted by atomic mass is 79.9. The van der Waals surface area contributed by atoms with Gasteiger partial charge in [-0.3, -0.25) is 0 Å². The van der Waals surface area contributed by atoms with E-state index in [2.05, 4.69) is 61.1 Å². The molecule has 0 bridgehead atoms. The van der Waals surface area contributed by atoms with Gasteiger partial charge in [0.1, 0.15) is 17.1 Å². The average molecular weight is 451 g/mol. The zero-order chi connectivity index (χ0) is 19.6. The fraction of sp³-hybridized carbons (Fsp3) is 0.625. The highest BCUT2D eigenvalue weighted by Gasteiger charge is 2.21. The van der Waals surface area contributed by atoms with Crippen molar-refractivity contribution in [2.45, 2.75) is 92.2 Å². The highest BCUT2D eigenvalue weighted by Crippen LogP contribution is 2.15. The summed E-state index contributed by atoms with van der Waals surface area (Å²) in [7, 11) is 1.72. The maximum absolute atomic E-state index is 5.23. The molecule has 2 rings (SSSR count). The molecule has 0 amide bonds. The van der Waals surface area contributed by atoms with Gasteiger partial charge in [-0.2, -0.15) is 0 Å². The molecule has 2 aromatic rings. The van der Waals surface area contributed by atoms with E-state index < -0.39 is 0 Å². The fourth-order valence-electron chi connectivity index (χ4n) is 3.95. The molecule has 0 aliphatic rings. The Labute approximate surface area is 182 Å². The lowest BCUT2D eigenvalue weighted by Crippen LogP contribution is -3.00. The van der Waals surface area contributed by atoms with Crippen LogP contribution in [0.25, 0.3) is 0 Å². The number of rotatable bonds is 12. The van der Waals surface area contributed by atoms with Crippen molar-refractivity contribution in [3.8, 4) is 5.75 Å². The quantitative estimate of drug-likeness (QED) is 0.359. The largest absolute Gasteiger partial charge is 1.00 e. The van der Waals surface area contributed by atoms with Crippen molar-refractivity contribution in [3.05, 3.63) is 47.0 Å². The molecule has 0 spiro atoms. The van der Waals surface area contributed by atoms with Gasteiger partial charge in [0.25, 0.3) is 5.82 Å². The summed E-state index contributed by atoms with van der Waals surface area (Å²) < 4.78 is 10.3. The second-order valence-corrected chi connectivity index (χ2v) is 7.74. The van der Waals surface area contributed by atoms with Crippen LogP contribution in [-0.2, 0) is 19.5 Å². The van der Waals surface area contributed by atoms with Crippen molar-refractivity contribution < 1.29 is 26.3 Å². The van der Waals surface area contributed by atoms with E-state index >= 15 is 0 Å². The molecule has 0 radical (unpaired) electrons. The Bertz CT molecular complexity index is 692. The maximum atomic E-state index is 5.23. The van der Waals surface area contributed by atoms with Crippen LogP contribution in [0.5, 0.6) is 5.75 Å². The van der Waals surface area contributed by atoms with E-state index in [0.29, 0.717) is 0 Å². The second kappa shape index (κ2) is 13.0. The first-order chi connectivity index (χ1) is 13.1. The second-order valence-electron chi connectivity index (χ2n) is 7.74. The Kier molecular flexibility index (Phi) is 11.5. The van der Waals surface area contributed by atoms with Crippen LogP contribution < -0.4 is 26.3 Å². The first-order valence-electron chi connectivity index (χ1n) is 10.8. The van der Waals surface area contributed by atoms with Gasteiger partial charge in [-0.25, -0.2) is 9.13 Å². The monoisotopic (exact) mass is 450 g/mol. The number of nitrogens with zero attached hydrogens (tertiary/aromatic N) is 2. The van der Waals surface area contributed by atoms with Gasteiger partial charge < -0.3 is 21.7 Å². The van der Waals surface area contributed by atoms with Crippen molar-refractivity contribution in [2.24, 2.45) is 0 Å². The predicted molar refractivity (Wildman–Crippen MR) is 114 cm³/mol. The molecule has 0 N–H and O–H groups in total. The van der Waals surface area contributed by atoms with Crippen LogP contribution in [0.15, 0.2) is 24.3 Å². The van der Waals surface area contributed by atoms with E-state index in [1.165, 1.54) is 74.3 Å². The van der Waals surface area contributed by atoms with Crippen molar-refractivity contribution in [3.63, 3.8) is 0 Å². The molecule has 0 saturated carbocycles. The van der Waals surface area contributed by atoms with E-state index in [0.717, 1.165) is 18.7 Å². The predicted octanol–water partition coefficient (Wildman–Crippen LogP) is 2.71. The van der Waals surface area contributed by atoms with Gasteiger partial charge >= 0.3 is 0 Å². The van der Waals surface area contributed by atoms with Crippen molar-refractivity contribution >= 4 is 0 Å². The lowest BCUT2D eigenvalue weighted by molar-refractivity contribution is -0.708. The van der Waals surface area contributed by atoms with Crippen LogP contribution in [0.1, 0.15) is 74.6 Å². The molecular formula is C24H39BrN2O. The van der Waals surface area contributed by atoms with Gasteiger partial charge in [-0.05, 0) is 49.8 Å². The van der Waals surface area contributed by atoms with Gasteiger partial charge in [0.05, 0.1) is 20.2 Å². The minimum atomic E-state index is 0. The molecule has 0 unspecified atom stereocenters. The number of ether oxygens (including phenoxy) is 1. The number of aryl methyl sites for hydroxylation is 1. The minimum Gasteiger partial charge on any atom is -1.00 e. The number of hydrogen-bond acceptors (Lipinski definition) is 1. The Morgan fingerprint density at radius 2 is 1.57 bits per heavy atom. The summed E-state index contributed by atoms with van der Waals surface area (Å²) in [6, 6.07) is 8.48. The molecule has 1 heterocycles. The fourth-order valence-corrected chi connectivity index (χ4v) is 3.95. The molecule has 28 heavy (non-hydrogen) atoms. The number of hydrogen-bond donors (Lipinski definition) is 0. The zero-order valence-electron chi connectivity index (χ0n) is 18.6. The van der Waals surface area contributed by atoms with E-state index in [1.807, 2.05) is 0 Å². The van der Waals surface area contributed by atoms with Gasteiger partial charge in [-0.1, -0.05) is 38.3 Å². The summed E-state index contributed by atoms with van der Waals surface area (Å²) in [6.07, 6.45) is 10.3. The zero-order valence-corrected chi connectivity index (χ0v) is 20.1. The SMILES string of the molecule is CCCCCCC[n+]1c(C)c(C)n(CCCCc2ccc(OC)cc2)c1C.[Br-]. The van der Waals surface area contributed by atoms with Gasteiger partial charge in [-0.15, -0.1) is 0 Å². The van der Waals surface area contributed by atoms with Crippen LogP contribution >= 0.6 is 0 Å². The molecule has 1 aromatic carbocycles. The number of methoxy groups -OCH3 is 1. The molecule has 0 aliphatic carbocycles. The lowest BCUT2D eigenvalue weighted by Gasteiger charge is -2.05. The smallest absolute Gasteiger partial charge is 0.253 e. The molecule has 1 aromatic heterocycles. The van der Waals surface area contributed by atoms with Gasteiger partial charge in [0.15, 0.2) is 0 Å². The minimum absolute atomic E-state index is 0. The van der Waals surface area contributed by atoms with E-state index in [1.54, 1.807) is 7.11 Å². The van der Waals surface area contributed by atoms with Crippen LogP contribution in [0, 0.1) is 20.8 Å². The Morgan fingerprint density at radius 3 is 2.21 bits per heavy atom. The van der Waals surface area contributed by atoms with Crippen molar-refractivity contribution in [2.75, 3.05) is 7.11 Å².